The minimum absolute atomic E-state index is 0.312. The Kier molecular flexibility index (Phi) is 5.24. The molecule has 0 aromatic rings. The van der Waals surface area contributed by atoms with Crippen molar-refractivity contribution < 1.29 is 4.74 Å². The average Bonchev–Trinajstić information content (AvgIpc) is 2.76. The standard InChI is InChI=1S/C13H24N2O/c1-11(2)6-7-13(3,10-14)15-9-12-5-4-8-16-12/h11-12,15H,4-9H2,1-3H3. The molecular weight excluding hydrogens is 200 g/mol. The first-order chi connectivity index (χ1) is 7.56. The smallest absolute Gasteiger partial charge is 0.104 e. The van der Waals surface area contributed by atoms with E-state index in [-0.39, 0.29) is 0 Å². The molecule has 2 atom stereocenters. The van der Waals surface area contributed by atoms with Crippen molar-refractivity contribution >= 4 is 0 Å². The quantitative estimate of drug-likeness (QED) is 0.754. The molecule has 0 saturated carbocycles. The third-order valence-electron chi connectivity index (χ3n) is 3.21. The molecule has 92 valence electrons. The van der Waals surface area contributed by atoms with E-state index in [9.17, 15) is 5.26 Å². The van der Waals surface area contributed by atoms with Crippen LogP contribution in [0.4, 0.5) is 0 Å². The van der Waals surface area contributed by atoms with Gasteiger partial charge in [-0.25, -0.2) is 0 Å². The largest absolute Gasteiger partial charge is 0.377 e. The summed E-state index contributed by atoms with van der Waals surface area (Å²) in [5, 5.41) is 12.6. The van der Waals surface area contributed by atoms with E-state index in [2.05, 4.69) is 25.2 Å². The Morgan fingerprint density at radius 3 is 2.81 bits per heavy atom. The van der Waals surface area contributed by atoms with Gasteiger partial charge in [-0.2, -0.15) is 5.26 Å². The summed E-state index contributed by atoms with van der Waals surface area (Å²) in [4.78, 5) is 0. The zero-order valence-corrected chi connectivity index (χ0v) is 10.8. The maximum absolute atomic E-state index is 9.22. The summed E-state index contributed by atoms with van der Waals surface area (Å²) in [7, 11) is 0. The fourth-order valence-corrected chi connectivity index (χ4v) is 1.91. The number of nitriles is 1. The minimum atomic E-state index is -0.393. The normalized spacial score (nSPS) is 24.3. The van der Waals surface area contributed by atoms with Crippen molar-refractivity contribution in [1.29, 1.82) is 5.26 Å². The van der Waals surface area contributed by atoms with Gasteiger partial charge < -0.3 is 4.74 Å². The molecule has 2 unspecified atom stereocenters. The third kappa shape index (κ3) is 4.51. The molecule has 1 aliphatic rings. The second-order valence-corrected chi connectivity index (χ2v) is 5.39. The van der Waals surface area contributed by atoms with Gasteiger partial charge in [-0.15, -0.1) is 0 Å². The summed E-state index contributed by atoms with van der Waals surface area (Å²) in [6.45, 7) is 8.06. The Bertz CT molecular complexity index is 241. The predicted molar refractivity (Wildman–Crippen MR) is 65.1 cm³/mol. The van der Waals surface area contributed by atoms with Gasteiger partial charge in [0.2, 0.25) is 0 Å². The van der Waals surface area contributed by atoms with E-state index < -0.39 is 5.54 Å². The van der Waals surface area contributed by atoms with Gasteiger partial charge in [0.25, 0.3) is 0 Å². The molecule has 1 aliphatic heterocycles. The fourth-order valence-electron chi connectivity index (χ4n) is 1.91. The maximum Gasteiger partial charge on any atom is 0.104 e. The first kappa shape index (κ1) is 13.5. The molecule has 0 bridgehead atoms. The van der Waals surface area contributed by atoms with Crippen molar-refractivity contribution in [2.24, 2.45) is 5.92 Å². The van der Waals surface area contributed by atoms with Crippen LogP contribution in [0.1, 0.15) is 46.5 Å². The Morgan fingerprint density at radius 1 is 1.56 bits per heavy atom. The second-order valence-electron chi connectivity index (χ2n) is 5.39. The number of nitrogens with one attached hydrogen (secondary N) is 1. The fraction of sp³-hybridized carbons (Fsp3) is 0.923. The van der Waals surface area contributed by atoms with Crippen LogP contribution < -0.4 is 5.32 Å². The van der Waals surface area contributed by atoms with Crippen LogP contribution in [0.25, 0.3) is 0 Å². The molecule has 0 aliphatic carbocycles. The van der Waals surface area contributed by atoms with Gasteiger partial charge in [-0.3, -0.25) is 5.32 Å². The average molecular weight is 224 g/mol. The van der Waals surface area contributed by atoms with E-state index in [0.29, 0.717) is 12.0 Å². The Balaban J connectivity index is 2.31. The highest BCUT2D eigenvalue weighted by atomic mass is 16.5. The minimum Gasteiger partial charge on any atom is -0.377 e. The van der Waals surface area contributed by atoms with Crippen LogP contribution in [0.5, 0.6) is 0 Å². The summed E-state index contributed by atoms with van der Waals surface area (Å²) >= 11 is 0. The first-order valence-electron chi connectivity index (χ1n) is 6.33. The van der Waals surface area contributed by atoms with Crippen molar-refractivity contribution in [2.75, 3.05) is 13.2 Å². The third-order valence-corrected chi connectivity index (χ3v) is 3.21. The van der Waals surface area contributed by atoms with Gasteiger partial charge in [0.05, 0.1) is 12.2 Å². The molecule has 1 heterocycles. The molecule has 1 saturated heterocycles. The summed E-state index contributed by atoms with van der Waals surface area (Å²) < 4.78 is 5.55. The van der Waals surface area contributed by atoms with Crippen LogP contribution in [-0.2, 0) is 4.74 Å². The summed E-state index contributed by atoms with van der Waals surface area (Å²) in [6.07, 6.45) is 4.59. The lowest BCUT2D eigenvalue weighted by Crippen LogP contribution is -2.44. The van der Waals surface area contributed by atoms with Crippen LogP contribution in [0, 0.1) is 17.2 Å². The lowest BCUT2D eigenvalue weighted by molar-refractivity contribution is 0.104. The van der Waals surface area contributed by atoms with Crippen LogP contribution in [0.3, 0.4) is 0 Å². The molecule has 16 heavy (non-hydrogen) atoms. The summed E-state index contributed by atoms with van der Waals surface area (Å²) in [6, 6.07) is 2.39. The lowest BCUT2D eigenvalue weighted by atomic mass is 9.93. The highest BCUT2D eigenvalue weighted by Crippen LogP contribution is 2.17. The number of ether oxygens (including phenoxy) is 1. The monoisotopic (exact) mass is 224 g/mol. The number of hydrogen-bond donors (Lipinski definition) is 1. The predicted octanol–water partition coefficient (Wildman–Crippen LogP) is 2.47. The molecule has 1 fully saturated rings. The van der Waals surface area contributed by atoms with Crippen molar-refractivity contribution in [3.8, 4) is 6.07 Å². The number of hydrogen-bond acceptors (Lipinski definition) is 3. The molecule has 0 aromatic carbocycles. The molecular formula is C13H24N2O. The highest BCUT2D eigenvalue weighted by Gasteiger charge is 2.25. The van der Waals surface area contributed by atoms with Crippen molar-refractivity contribution in [3.05, 3.63) is 0 Å². The first-order valence-corrected chi connectivity index (χ1v) is 6.33. The zero-order chi connectivity index (χ0) is 12.0. The number of rotatable bonds is 6. The Morgan fingerprint density at radius 2 is 2.31 bits per heavy atom. The SMILES string of the molecule is CC(C)CCC(C)(C#N)NCC1CCCO1. The summed E-state index contributed by atoms with van der Waals surface area (Å²) in [5.74, 6) is 0.650. The van der Waals surface area contributed by atoms with Gasteiger partial charge in [-0.1, -0.05) is 13.8 Å². The molecule has 3 nitrogen and oxygen atoms in total. The van der Waals surface area contributed by atoms with Gasteiger partial charge in [0, 0.05) is 13.2 Å². The zero-order valence-electron chi connectivity index (χ0n) is 10.8. The van der Waals surface area contributed by atoms with Crippen LogP contribution >= 0.6 is 0 Å². The van der Waals surface area contributed by atoms with E-state index >= 15 is 0 Å². The molecule has 1 rings (SSSR count). The topological polar surface area (TPSA) is 45.0 Å². The molecule has 0 radical (unpaired) electrons. The van der Waals surface area contributed by atoms with Crippen LogP contribution in [0.2, 0.25) is 0 Å². The van der Waals surface area contributed by atoms with E-state index in [0.717, 1.165) is 38.8 Å². The maximum atomic E-state index is 9.22. The van der Waals surface area contributed by atoms with Gasteiger partial charge in [0.1, 0.15) is 5.54 Å². The molecule has 1 N–H and O–H groups in total. The van der Waals surface area contributed by atoms with E-state index in [1.807, 2.05) is 6.92 Å². The van der Waals surface area contributed by atoms with Crippen molar-refractivity contribution in [2.45, 2.75) is 58.1 Å². The van der Waals surface area contributed by atoms with Crippen molar-refractivity contribution in [1.82, 2.24) is 5.32 Å². The molecule has 0 spiro atoms. The van der Waals surface area contributed by atoms with Gasteiger partial charge in [0.15, 0.2) is 0 Å². The van der Waals surface area contributed by atoms with Crippen LogP contribution in [0.15, 0.2) is 0 Å². The lowest BCUT2D eigenvalue weighted by Gasteiger charge is -2.25. The van der Waals surface area contributed by atoms with E-state index in [1.54, 1.807) is 0 Å². The Hall–Kier alpha value is -0.590. The highest BCUT2D eigenvalue weighted by molar-refractivity contribution is 5.04. The molecule has 3 heteroatoms. The second kappa shape index (κ2) is 6.22. The Labute approximate surface area is 99.2 Å². The number of nitrogens with zero attached hydrogens (tertiary/aromatic N) is 1. The van der Waals surface area contributed by atoms with Gasteiger partial charge in [-0.05, 0) is 38.5 Å². The van der Waals surface area contributed by atoms with Gasteiger partial charge >= 0.3 is 0 Å². The molecule has 0 amide bonds. The van der Waals surface area contributed by atoms with E-state index in [4.69, 9.17) is 4.74 Å². The van der Waals surface area contributed by atoms with Crippen molar-refractivity contribution in [3.63, 3.8) is 0 Å². The van der Waals surface area contributed by atoms with Crippen LogP contribution in [-0.4, -0.2) is 24.8 Å². The summed E-state index contributed by atoms with van der Waals surface area (Å²) in [5.41, 5.74) is -0.393. The van der Waals surface area contributed by atoms with E-state index in [1.165, 1.54) is 0 Å². The molecule has 0 aromatic heterocycles.